The van der Waals surface area contributed by atoms with Gasteiger partial charge in [-0.05, 0) is 50.3 Å². The molecule has 2 fully saturated rings. The molecule has 0 spiro atoms. The van der Waals surface area contributed by atoms with E-state index in [0.29, 0.717) is 6.04 Å². The van der Waals surface area contributed by atoms with Gasteiger partial charge >= 0.3 is 0 Å². The zero-order valence-corrected chi connectivity index (χ0v) is 13.6. The fraction of sp³-hybridized carbons (Fsp3) is 0.667. The first kappa shape index (κ1) is 14.7. The Hall–Kier alpha value is -1.22. The third-order valence-electron chi connectivity index (χ3n) is 5.27. The Morgan fingerprint density at radius 2 is 2.00 bits per heavy atom. The van der Waals surface area contributed by atoms with Gasteiger partial charge in [-0.3, -0.25) is 0 Å². The summed E-state index contributed by atoms with van der Waals surface area (Å²) in [5.74, 6) is 2.84. The van der Waals surface area contributed by atoms with Crippen molar-refractivity contribution in [3.8, 4) is 5.75 Å². The number of nitrogens with one attached hydrogen (secondary N) is 1. The van der Waals surface area contributed by atoms with Crippen molar-refractivity contribution >= 4 is 5.69 Å². The molecule has 21 heavy (non-hydrogen) atoms. The molecule has 1 N–H and O–H groups in total. The van der Waals surface area contributed by atoms with Crippen LogP contribution < -0.4 is 15.0 Å². The summed E-state index contributed by atoms with van der Waals surface area (Å²) >= 11 is 0. The van der Waals surface area contributed by atoms with Crippen LogP contribution in [0.2, 0.25) is 0 Å². The van der Waals surface area contributed by atoms with Crippen molar-refractivity contribution in [2.75, 3.05) is 31.6 Å². The minimum absolute atomic E-state index is 0.321. The Morgan fingerprint density at radius 1 is 1.29 bits per heavy atom. The second-order valence-corrected chi connectivity index (χ2v) is 6.53. The largest absolute Gasteiger partial charge is 0.496 e. The van der Waals surface area contributed by atoms with Gasteiger partial charge in [-0.25, -0.2) is 0 Å². The SMILES string of the molecule is CCNC(C)c1c(OC)cccc1N1CC2CCCC2C1. The molecule has 3 atom stereocenters. The first-order chi connectivity index (χ1) is 10.2. The summed E-state index contributed by atoms with van der Waals surface area (Å²) in [6.45, 7) is 7.82. The number of hydrogen-bond acceptors (Lipinski definition) is 3. The van der Waals surface area contributed by atoms with E-state index in [1.54, 1.807) is 7.11 Å². The molecule has 116 valence electrons. The number of methoxy groups -OCH3 is 1. The van der Waals surface area contributed by atoms with Crippen LogP contribution in [0.15, 0.2) is 18.2 Å². The smallest absolute Gasteiger partial charge is 0.125 e. The standard InChI is InChI=1S/C18H28N2O/c1-4-19-13(2)18-16(9-6-10-17(18)21-3)20-11-14-7-5-8-15(14)12-20/h6,9-10,13-15,19H,4-5,7-8,11-12H2,1-3H3. The third-order valence-corrected chi connectivity index (χ3v) is 5.27. The maximum Gasteiger partial charge on any atom is 0.125 e. The fourth-order valence-electron chi connectivity index (χ4n) is 4.26. The van der Waals surface area contributed by atoms with Gasteiger partial charge < -0.3 is 15.0 Å². The molecule has 1 aromatic carbocycles. The number of ether oxygens (including phenoxy) is 1. The van der Waals surface area contributed by atoms with E-state index in [9.17, 15) is 0 Å². The summed E-state index contributed by atoms with van der Waals surface area (Å²) in [6, 6.07) is 6.81. The van der Waals surface area contributed by atoms with Crippen LogP contribution in [0.25, 0.3) is 0 Å². The van der Waals surface area contributed by atoms with E-state index in [4.69, 9.17) is 4.74 Å². The van der Waals surface area contributed by atoms with Gasteiger partial charge in [-0.15, -0.1) is 0 Å². The molecule has 1 aromatic rings. The van der Waals surface area contributed by atoms with E-state index >= 15 is 0 Å². The van der Waals surface area contributed by atoms with Crippen LogP contribution in [-0.2, 0) is 0 Å². The number of benzene rings is 1. The van der Waals surface area contributed by atoms with Crippen molar-refractivity contribution in [2.45, 2.75) is 39.2 Å². The maximum atomic E-state index is 5.64. The normalized spacial score (nSPS) is 26.0. The molecule has 3 rings (SSSR count). The highest BCUT2D eigenvalue weighted by Crippen LogP contribution is 2.43. The Balaban J connectivity index is 1.90. The zero-order chi connectivity index (χ0) is 14.8. The lowest BCUT2D eigenvalue weighted by molar-refractivity contribution is 0.402. The molecule has 1 saturated heterocycles. The monoisotopic (exact) mass is 288 g/mol. The van der Waals surface area contributed by atoms with Crippen molar-refractivity contribution in [3.05, 3.63) is 23.8 Å². The molecular weight excluding hydrogens is 260 g/mol. The van der Waals surface area contributed by atoms with Gasteiger partial charge in [0, 0.05) is 30.4 Å². The average molecular weight is 288 g/mol. The lowest BCUT2D eigenvalue weighted by atomic mass is 10.0. The Labute approximate surface area is 128 Å². The van der Waals surface area contributed by atoms with Crippen LogP contribution >= 0.6 is 0 Å². The highest BCUT2D eigenvalue weighted by atomic mass is 16.5. The van der Waals surface area contributed by atoms with Crippen molar-refractivity contribution in [1.29, 1.82) is 0 Å². The zero-order valence-electron chi connectivity index (χ0n) is 13.6. The van der Waals surface area contributed by atoms with Crippen LogP contribution in [0.4, 0.5) is 5.69 Å². The molecule has 3 nitrogen and oxygen atoms in total. The predicted molar refractivity (Wildman–Crippen MR) is 88.1 cm³/mol. The summed E-state index contributed by atoms with van der Waals surface area (Å²) in [7, 11) is 1.78. The number of hydrogen-bond donors (Lipinski definition) is 1. The van der Waals surface area contributed by atoms with Gasteiger partial charge in [-0.2, -0.15) is 0 Å². The van der Waals surface area contributed by atoms with Crippen molar-refractivity contribution in [2.24, 2.45) is 11.8 Å². The van der Waals surface area contributed by atoms with E-state index in [2.05, 4.69) is 42.3 Å². The number of anilines is 1. The molecule has 0 amide bonds. The molecule has 0 bridgehead atoms. The fourth-order valence-corrected chi connectivity index (χ4v) is 4.26. The maximum absolute atomic E-state index is 5.64. The van der Waals surface area contributed by atoms with Crippen molar-refractivity contribution in [3.63, 3.8) is 0 Å². The summed E-state index contributed by atoms with van der Waals surface area (Å²) in [6.07, 6.45) is 4.27. The molecule has 3 heteroatoms. The second-order valence-electron chi connectivity index (χ2n) is 6.53. The summed E-state index contributed by atoms with van der Waals surface area (Å²) in [5.41, 5.74) is 2.69. The summed E-state index contributed by atoms with van der Waals surface area (Å²) in [5, 5.41) is 3.54. The Morgan fingerprint density at radius 3 is 2.62 bits per heavy atom. The predicted octanol–water partition coefficient (Wildman–Crippen LogP) is 3.60. The minimum atomic E-state index is 0.321. The number of rotatable bonds is 5. The molecular formula is C18H28N2O. The lowest BCUT2D eigenvalue weighted by Gasteiger charge is -2.27. The molecule has 1 saturated carbocycles. The highest BCUT2D eigenvalue weighted by molar-refractivity contribution is 5.61. The van der Waals surface area contributed by atoms with Gasteiger partial charge in [-0.1, -0.05) is 19.4 Å². The lowest BCUT2D eigenvalue weighted by Crippen LogP contribution is -2.26. The average Bonchev–Trinajstić information content (AvgIpc) is 3.07. The molecule has 1 aliphatic carbocycles. The van der Waals surface area contributed by atoms with Crippen LogP contribution in [0.3, 0.4) is 0 Å². The van der Waals surface area contributed by atoms with Gasteiger partial charge in [0.15, 0.2) is 0 Å². The molecule has 1 aliphatic heterocycles. The van der Waals surface area contributed by atoms with E-state index in [-0.39, 0.29) is 0 Å². The highest BCUT2D eigenvalue weighted by Gasteiger charge is 2.37. The second kappa shape index (κ2) is 6.27. The molecule has 1 heterocycles. The van der Waals surface area contributed by atoms with Gasteiger partial charge in [0.25, 0.3) is 0 Å². The summed E-state index contributed by atoms with van der Waals surface area (Å²) in [4.78, 5) is 2.60. The van der Waals surface area contributed by atoms with Crippen molar-refractivity contribution < 1.29 is 4.74 Å². The number of nitrogens with zero attached hydrogens (tertiary/aromatic N) is 1. The van der Waals surface area contributed by atoms with Gasteiger partial charge in [0.1, 0.15) is 5.75 Å². The Kier molecular flexibility index (Phi) is 4.39. The quantitative estimate of drug-likeness (QED) is 0.896. The first-order valence-corrected chi connectivity index (χ1v) is 8.39. The van der Waals surface area contributed by atoms with E-state index < -0.39 is 0 Å². The van der Waals surface area contributed by atoms with Crippen molar-refractivity contribution in [1.82, 2.24) is 5.32 Å². The Bertz CT molecular complexity index is 476. The van der Waals surface area contributed by atoms with Crippen LogP contribution in [-0.4, -0.2) is 26.7 Å². The molecule has 2 aliphatic rings. The van der Waals surface area contributed by atoms with E-state index in [0.717, 1.165) is 24.1 Å². The van der Waals surface area contributed by atoms with E-state index in [1.165, 1.54) is 43.6 Å². The third kappa shape index (κ3) is 2.76. The number of fused-ring (bicyclic) bond motifs is 1. The summed E-state index contributed by atoms with van der Waals surface area (Å²) < 4.78 is 5.64. The van der Waals surface area contributed by atoms with E-state index in [1.807, 2.05) is 0 Å². The molecule has 3 unspecified atom stereocenters. The molecule has 0 radical (unpaired) electrons. The topological polar surface area (TPSA) is 24.5 Å². The first-order valence-electron chi connectivity index (χ1n) is 8.39. The van der Waals surface area contributed by atoms with Crippen LogP contribution in [0.1, 0.15) is 44.7 Å². The molecule has 0 aromatic heterocycles. The van der Waals surface area contributed by atoms with Crippen LogP contribution in [0, 0.1) is 11.8 Å². The van der Waals surface area contributed by atoms with Gasteiger partial charge in [0.05, 0.1) is 7.11 Å². The minimum Gasteiger partial charge on any atom is -0.496 e. The van der Waals surface area contributed by atoms with Gasteiger partial charge in [0.2, 0.25) is 0 Å². The van der Waals surface area contributed by atoms with Crippen LogP contribution in [0.5, 0.6) is 5.75 Å².